The minimum atomic E-state index is 0.0875. The third-order valence-electron chi connectivity index (χ3n) is 4.21. The summed E-state index contributed by atoms with van der Waals surface area (Å²) in [5, 5.41) is 0. The van der Waals surface area contributed by atoms with Crippen molar-refractivity contribution < 1.29 is 4.79 Å². The van der Waals surface area contributed by atoms with Gasteiger partial charge in [-0.15, -0.1) is 0 Å². The lowest BCUT2D eigenvalue weighted by Crippen LogP contribution is -2.59. The number of carbonyl (C=O) groups excluding carboxylic acids is 1. The van der Waals surface area contributed by atoms with Gasteiger partial charge in [-0.25, -0.2) is 0 Å². The molecule has 0 aromatic heterocycles. The van der Waals surface area contributed by atoms with Crippen LogP contribution in [0.1, 0.15) is 46.0 Å². The molecule has 0 aromatic carbocycles. The molecule has 0 aromatic rings. The number of hydrogen-bond acceptors (Lipinski definition) is 2. The topological polar surface area (TPSA) is 20.3 Å². The molecule has 3 heterocycles. The van der Waals surface area contributed by atoms with Gasteiger partial charge in [-0.1, -0.05) is 19.8 Å². The van der Waals surface area contributed by atoms with E-state index in [9.17, 15) is 4.79 Å². The Morgan fingerprint density at radius 3 is 2.64 bits per heavy atom. The molecular formula is C12H21NO. The van der Waals surface area contributed by atoms with E-state index in [2.05, 4.69) is 18.7 Å². The summed E-state index contributed by atoms with van der Waals surface area (Å²) >= 11 is 0. The summed E-state index contributed by atoms with van der Waals surface area (Å²) in [7, 11) is 0. The second-order valence-electron chi connectivity index (χ2n) is 4.96. The number of unbranched alkanes of at least 4 members (excludes halogenated alkanes) is 1. The predicted octanol–water partition coefficient (Wildman–Crippen LogP) is 2.23. The second kappa shape index (κ2) is 3.65. The molecule has 14 heavy (non-hydrogen) atoms. The quantitative estimate of drug-likeness (QED) is 0.688. The zero-order chi connectivity index (χ0) is 10.2. The van der Waals surface area contributed by atoms with E-state index in [0.29, 0.717) is 5.78 Å². The van der Waals surface area contributed by atoms with Gasteiger partial charge in [-0.05, 0) is 39.3 Å². The standard InChI is InChI=1S/C12H21NO/c1-3-4-5-12-6-8-13(9-7-12)10(2)11(12)14/h10H,3-9H2,1-2H3. The third kappa shape index (κ3) is 1.40. The molecule has 3 fully saturated rings. The van der Waals surface area contributed by atoms with Crippen LogP contribution in [0.2, 0.25) is 0 Å². The molecule has 80 valence electrons. The maximum Gasteiger partial charge on any atom is 0.155 e. The van der Waals surface area contributed by atoms with Crippen molar-refractivity contribution in [3.63, 3.8) is 0 Å². The van der Waals surface area contributed by atoms with Gasteiger partial charge in [-0.2, -0.15) is 0 Å². The highest BCUT2D eigenvalue weighted by Crippen LogP contribution is 2.43. The third-order valence-corrected chi connectivity index (χ3v) is 4.21. The maximum atomic E-state index is 12.2. The fourth-order valence-electron chi connectivity index (χ4n) is 3.08. The Hall–Kier alpha value is -0.370. The van der Waals surface area contributed by atoms with Gasteiger partial charge < -0.3 is 0 Å². The maximum absolute atomic E-state index is 12.2. The minimum Gasteiger partial charge on any atom is -0.297 e. The molecule has 3 rings (SSSR count). The fraction of sp³-hybridized carbons (Fsp3) is 0.917. The first kappa shape index (κ1) is 10.2. The normalized spacial score (nSPS) is 41.7. The van der Waals surface area contributed by atoms with E-state index in [0.717, 1.165) is 32.4 Å². The van der Waals surface area contributed by atoms with Gasteiger partial charge in [0.25, 0.3) is 0 Å². The van der Waals surface area contributed by atoms with E-state index < -0.39 is 0 Å². The molecule has 0 aliphatic carbocycles. The first-order valence-corrected chi connectivity index (χ1v) is 5.98. The van der Waals surface area contributed by atoms with Crippen molar-refractivity contribution in [1.29, 1.82) is 0 Å². The average molecular weight is 195 g/mol. The summed E-state index contributed by atoms with van der Waals surface area (Å²) in [6, 6.07) is 0.203. The van der Waals surface area contributed by atoms with Crippen LogP contribution in [0.3, 0.4) is 0 Å². The molecule has 3 aliphatic rings. The lowest BCUT2D eigenvalue weighted by atomic mass is 9.66. The first-order valence-electron chi connectivity index (χ1n) is 5.98. The Morgan fingerprint density at radius 1 is 1.43 bits per heavy atom. The van der Waals surface area contributed by atoms with E-state index in [-0.39, 0.29) is 11.5 Å². The summed E-state index contributed by atoms with van der Waals surface area (Å²) in [6.45, 7) is 6.59. The van der Waals surface area contributed by atoms with Gasteiger partial charge in [0.1, 0.15) is 0 Å². The molecule has 0 N–H and O–H groups in total. The lowest BCUT2D eigenvalue weighted by molar-refractivity contribution is -0.147. The Labute approximate surface area is 86.7 Å². The van der Waals surface area contributed by atoms with Gasteiger partial charge in [0, 0.05) is 5.41 Å². The fourth-order valence-corrected chi connectivity index (χ4v) is 3.08. The molecule has 0 radical (unpaired) electrons. The molecule has 3 saturated heterocycles. The highest BCUT2D eigenvalue weighted by atomic mass is 16.1. The largest absolute Gasteiger partial charge is 0.297 e. The van der Waals surface area contributed by atoms with Crippen LogP contribution in [0, 0.1) is 5.41 Å². The molecule has 3 aliphatic heterocycles. The second-order valence-corrected chi connectivity index (χ2v) is 4.96. The van der Waals surface area contributed by atoms with Crippen molar-refractivity contribution in [3.8, 4) is 0 Å². The monoisotopic (exact) mass is 195 g/mol. The number of Topliss-reactive ketones (excluding diaryl/α,β-unsaturated/α-hetero) is 1. The zero-order valence-electron chi connectivity index (χ0n) is 9.38. The van der Waals surface area contributed by atoms with E-state index in [1.165, 1.54) is 12.8 Å². The van der Waals surface area contributed by atoms with Crippen molar-refractivity contribution in [2.24, 2.45) is 5.41 Å². The van der Waals surface area contributed by atoms with Crippen LogP contribution in [0.15, 0.2) is 0 Å². The van der Waals surface area contributed by atoms with Gasteiger partial charge in [0.05, 0.1) is 6.04 Å². The summed E-state index contributed by atoms with van der Waals surface area (Å²) < 4.78 is 0. The Kier molecular flexibility index (Phi) is 2.65. The number of nitrogens with zero attached hydrogens (tertiary/aromatic N) is 1. The van der Waals surface area contributed by atoms with Crippen LogP contribution in [0.25, 0.3) is 0 Å². The molecule has 2 heteroatoms. The summed E-state index contributed by atoms with van der Waals surface area (Å²) in [5.41, 5.74) is 0.0875. The highest BCUT2D eigenvalue weighted by Gasteiger charge is 2.49. The summed E-state index contributed by atoms with van der Waals surface area (Å²) in [5.74, 6) is 0.531. The smallest absolute Gasteiger partial charge is 0.155 e. The SMILES string of the molecule is CCCCC12CCN(CC1)C(C)C2=O. The molecular weight excluding hydrogens is 174 g/mol. The Morgan fingerprint density at radius 2 is 2.07 bits per heavy atom. The van der Waals surface area contributed by atoms with E-state index in [1.807, 2.05) is 0 Å². The number of hydrogen-bond donors (Lipinski definition) is 0. The Balaban J connectivity index is 2.11. The number of carbonyl (C=O) groups is 1. The van der Waals surface area contributed by atoms with E-state index >= 15 is 0 Å². The molecule has 1 atom stereocenters. The van der Waals surface area contributed by atoms with Gasteiger partial charge in [0.2, 0.25) is 0 Å². The van der Waals surface area contributed by atoms with Crippen LogP contribution in [0.5, 0.6) is 0 Å². The molecule has 0 saturated carbocycles. The van der Waals surface area contributed by atoms with Gasteiger partial charge in [-0.3, -0.25) is 9.69 Å². The lowest BCUT2D eigenvalue weighted by Gasteiger charge is -2.50. The van der Waals surface area contributed by atoms with Crippen molar-refractivity contribution >= 4 is 5.78 Å². The number of rotatable bonds is 3. The van der Waals surface area contributed by atoms with Crippen LogP contribution >= 0.6 is 0 Å². The number of piperidine rings is 3. The van der Waals surface area contributed by atoms with E-state index in [4.69, 9.17) is 0 Å². The number of ketones is 1. The molecule has 2 bridgehead atoms. The van der Waals surface area contributed by atoms with Crippen molar-refractivity contribution in [2.75, 3.05) is 13.1 Å². The van der Waals surface area contributed by atoms with Crippen LogP contribution in [0.4, 0.5) is 0 Å². The first-order chi connectivity index (χ1) is 6.69. The zero-order valence-corrected chi connectivity index (χ0v) is 9.38. The predicted molar refractivity (Wildman–Crippen MR) is 57.2 cm³/mol. The molecule has 0 amide bonds. The summed E-state index contributed by atoms with van der Waals surface area (Å²) in [6.07, 6.45) is 5.82. The van der Waals surface area contributed by atoms with Crippen molar-refractivity contribution in [1.82, 2.24) is 4.90 Å². The molecule has 0 spiro atoms. The average Bonchev–Trinajstić information content (AvgIpc) is 2.23. The molecule has 2 nitrogen and oxygen atoms in total. The Bertz CT molecular complexity index is 228. The van der Waals surface area contributed by atoms with Gasteiger partial charge in [0.15, 0.2) is 5.78 Å². The van der Waals surface area contributed by atoms with E-state index in [1.54, 1.807) is 0 Å². The van der Waals surface area contributed by atoms with Gasteiger partial charge >= 0.3 is 0 Å². The van der Waals surface area contributed by atoms with Crippen LogP contribution in [-0.2, 0) is 4.79 Å². The van der Waals surface area contributed by atoms with Crippen molar-refractivity contribution in [2.45, 2.75) is 52.0 Å². The highest BCUT2D eigenvalue weighted by molar-refractivity contribution is 5.90. The summed E-state index contributed by atoms with van der Waals surface area (Å²) in [4.78, 5) is 14.5. The van der Waals surface area contributed by atoms with Crippen LogP contribution < -0.4 is 0 Å². The van der Waals surface area contributed by atoms with Crippen LogP contribution in [-0.4, -0.2) is 29.8 Å². The minimum absolute atomic E-state index is 0.0875. The van der Waals surface area contributed by atoms with Crippen molar-refractivity contribution in [3.05, 3.63) is 0 Å². The number of fused-ring (bicyclic) bond motifs is 3. The molecule has 1 unspecified atom stereocenters.